The summed E-state index contributed by atoms with van der Waals surface area (Å²) in [6.07, 6.45) is 13.9. The third-order valence-electron chi connectivity index (χ3n) is 12.3. The van der Waals surface area contributed by atoms with Gasteiger partial charge in [-0.05, 0) is 135 Å². The Balaban J connectivity index is 1.00. The maximum Gasteiger partial charge on any atom is 0.224 e. The van der Waals surface area contributed by atoms with E-state index in [9.17, 15) is 14.7 Å². The fraction of sp³-hybridized carbons (Fsp3) is 0.611. The lowest BCUT2D eigenvalue weighted by Gasteiger charge is -2.61. The Bertz CT molecular complexity index is 1210. The predicted octanol–water partition coefficient (Wildman–Crippen LogP) is 8.05. The van der Waals surface area contributed by atoms with Crippen molar-refractivity contribution in [2.24, 2.45) is 40.4 Å². The van der Waals surface area contributed by atoms with Crippen LogP contribution in [0, 0.1) is 40.4 Å². The van der Waals surface area contributed by atoms with Crippen LogP contribution in [0.1, 0.15) is 107 Å². The Morgan fingerprint density at radius 3 is 2.30 bits per heavy atom. The number of anilines is 1. The van der Waals surface area contributed by atoms with Crippen LogP contribution in [0.15, 0.2) is 54.6 Å². The van der Waals surface area contributed by atoms with Crippen LogP contribution in [-0.2, 0) is 4.79 Å². The van der Waals surface area contributed by atoms with Crippen LogP contribution >= 0.6 is 0 Å². The van der Waals surface area contributed by atoms with Crippen LogP contribution < -0.4 is 5.32 Å². The molecule has 6 rings (SSSR count). The lowest BCUT2D eigenvalue weighted by Crippen LogP contribution is -2.53. The van der Waals surface area contributed by atoms with E-state index >= 15 is 0 Å². The highest BCUT2D eigenvalue weighted by molar-refractivity contribution is 6.09. The molecule has 4 nitrogen and oxygen atoms in total. The molecular formula is C36H47NO3. The van der Waals surface area contributed by atoms with E-state index in [2.05, 4.69) is 19.2 Å². The Labute approximate surface area is 240 Å². The standard InChI is InChI=1S/C36H47NO3/c1-35-22-20-32-30(17-13-27-23-29(38)19-21-36(27,32)2)31(35)18-14-26(35)9-6-10-33(39)37-28-15-11-25(12-16-28)34(40)24-7-4-3-5-8-24/h3-5,7-8,11-12,15-16,26-27,29-32,38H,6,9-10,13-14,17-23H2,1-2H3,(H,37,39)/t26-,27?,29+,30?,31?,32?,35+,36-/m0/s1. The molecular weight excluding hydrogens is 494 g/mol. The zero-order valence-corrected chi connectivity index (χ0v) is 24.4. The normalized spacial score (nSPS) is 36.7. The molecule has 8 atom stereocenters. The Morgan fingerprint density at radius 1 is 0.825 bits per heavy atom. The minimum atomic E-state index is -0.0697. The van der Waals surface area contributed by atoms with E-state index in [1.807, 2.05) is 42.5 Å². The van der Waals surface area contributed by atoms with Crippen molar-refractivity contribution < 1.29 is 14.7 Å². The van der Waals surface area contributed by atoms with Crippen molar-refractivity contribution >= 4 is 17.4 Å². The van der Waals surface area contributed by atoms with Gasteiger partial charge in [-0.2, -0.15) is 0 Å². The number of ketones is 1. The van der Waals surface area contributed by atoms with E-state index in [0.29, 0.717) is 28.4 Å². The average Bonchev–Trinajstić information content (AvgIpc) is 3.30. The number of carbonyl (C=O) groups excluding carboxylic acids is 2. The summed E-state index contributed by atoms with van der Waals surface area (Å²) in [5.74, 6) is 4.06. The Morgan fingerprint density at radius 2 is 1.52 bits per heavy atom. The van der Waals surface area contributed by atoms with Gasteiger partial charge in [-0.1, -0.05) is 44.2 Å². The smallest absolute Gasteiger partial charge is 0.224 e. The summed E-state index contributed by atoms with van der Waals surface area (Å²) >= 11 is 0. The van der Waals surface area contributed by atoms with Gasteiger partial charge >= 0.3 is 0 Å². The Kier molecular flexibility index (Phi) is 7.67. The van der Waals surface area contributed by atoms with E-state index in [4.69, 9.17) is 0 Å². The lowest BCUT2D eigenvalue weighted by molar-refractivity contribution is -0.127. The first-order valence-electron chi connectivity index (χ1n) is 16.0. The van der Waals surface area contributed by atoms with Crippen molar-refractivity contribution in [1.82, 2.24) is 0 Å². The van der Waals surface area contributed by atoms with Crippen LogP contribution in [0.4, 0.5) is 5.69 Å². The number of rotatable bonds is 7. The highest BCUT2D eigenvalue weighted by Gasteiger charge is 2.59. The highest BCUT2D eigenvalue weighted by Crippen LogP contribution is 2.67. The van der Waals surface area contributed by atoms with E-state index in [1.54, 1.807) is 12.1 Å². The SMILES string of the molecule is C[C@]12CC[C@@H](O)CC1CCC1C2CC[C@@]2(C)C1CC[C@@H]2CCCC(=O)Nc1ccc(C(=O)c2ccccc2)cc1. The number of carbonyl (C=O) groups is 2. The zero-order chi connectivity index (χ0) is 27.9. The van der Waals surface area contributed by atoms with Crippen molar-refractivity contribution in [2.75, 3.05) is 5.32 Å². The molecule has 1 amide bonds. The molecule has 4 aliphatic rings. The molecule has 0 aromatic heterocycles. The molecule has 0 aliphatic heterocycles. The van der Waals surface area contributed by atoms with Gasteiger partial charge in [-0.15, -0.1) is 0 Å². The van der Waals surface area contributed by atoms with Gasteiger partial charge in [0.1, 0.15) is 0 Å². The molecule has 2 aromatic carbocycles. The topological polar surface area (TPSA) is 66.4 Å². The number of nitrogens with one attached hydrogen (secondary N) is 1. The highest BCUT2D eigenvalue weighted by atomic mass is 16.3. The summed E-state index contributed by atoms with van der Waals surface area (Å²) in [6, 6.07) is 16.5. The molecule has 214 valence electrons. The van der Waals surface area contributed by atoms with E-state index < -0.39 is 0 Å². The largest absolute Gasteiger partial charge is 0.393 e. The van der Waals surface area contributed by atoms with Crippen LogP contribution in [0.5, 0.6) is 0 Å². The van der Waals surface area contributed by atoms with Crippen LogP contribution in [0.2, 0.25) is 0 Å². The second-order valence-corrected chi connectivity index (χ2v) is 14.1. The van der Waals surface area contributed by atoms with Crippen molar-refractivity contribution in [3.63, 3.8) is 0 Å². The molecule has 0 saturated heterocycles. The maximum atomic E-state index is 12.8. The molecule has 0 bridgehead atoms. The molecule has 0 radical (unpaired) electrons. The summed E-state index contributed by atoms with van der Waals surface area (Å²) in [5, 5.41) is 13.4. The molecule has 0 spiro atoms. The van der Waals surface area contributed by atoms with Crippen molar-refractivity contribution in [3.05, 3.63) is 65.7 Å². The van der Waals surface area contributed by atoms with Gasteiger partial charge in [0, 0.05) is 23.2 Å². The molecule has 2 aromatic rings. The summed E-state index contributed by atoms with van der Waals surface area (Å²) < 4.78 is 0. The second kappa shape index (κ2) is 11.1. The second-order valence-electron chi connectivity index (χ2n) is 14.1. The number of fused-ring (bicyclic) bond motifs is 5. The Hall–Kier alpha value is -2.46. The fourth-order valence-corrected chi connectivity index (χ4v) is 10.0. The third-order valence-corrected chi connectivity index (χ3v) is 12.3. The summed E-state index contributed by atoms with van der Waals surface area (Å²) in [6.45, 7) is 5.16. The number of aliphatic hydroxyl groups is 1. The van der Waals surface area contributed by atoms with E-state index in [0.717, 1.165) is 61.0 Å². The number of benzene rings is 2. The fourth-order valence-electron chi connectivity index (χ4n) is 10.0. The first kappa shape index (κ1) is 27.7. The number of hydrogen-bond donors (Lipinski definition) is 2. The van der Waals surface area contributed by atoms with E-state index in [1.165, 1.54) is 44.9 Å². The molecule has 2 N–H and O–H groups in total. The molecule has 40 heavy (non-hydrogen) atoms. The number of aliphatic hydroxyl groups excluding tert-OH is 1. The zero-order valence-electron chi connectivity index (χ0n) is 24.4. The third kappa shape index (κ3) is 5.06. The first-order valence-corrected chi connectivity index (χ1v) is 16.0. The minimum absolute atomic E-state index is 0.00411. The van der Waals surface area contributed by atoms with Crippen molar-refractivity contribution in [3.8, 4) is 0 Å². The van der Waals surface area contributed by atoms with Gasteiger partial charge in [0.25, 0.3) is 0 Å². The summed E-state index contributed by atoms with van der Waals surface area (Å²) in [5.41, 5.74) is 2.92. The molecule has 0 heterocycles. The average molecular weight is 542 g/mol. The summed E-state index contributed by atoms with van der Waals surface area (Å²) in [7, 11) is 0. The van der Waals surface area contributed by atoms with Crippen LogP contribution in [0.25, 0.3) is 0 Å². The molecule has 4 fully saturated rings. The lowest BCUT2D eigenvalue weighted by atomic mass is 9.44. The number of hydrogen-bond acceptors (Lipinski definition) is 3. The maximum absolute atomic E-state index is 12.8. The molecule has 4 aliphatic carbocycles. The van der Waals surface area contributed by atoms with Gasteiger partial charge in [0.15, 0.2) is 5.78 Å². The molecule has 4 saturated carbocycles. The summed E-state index contributed by atoms with van der Waals surface area (Å²) in [4.78, 5) is 25.4. The minimum Gasteiger partial charge on any atom is -0.393 e. The van der Waals surface area contributed by atoms with Gasteiger partial charge in [0.2, 0.25) is 5.91 Å². The first-order chi connectivity index (χ1) is 19.3. The monoisotopic (exact) mass is 541 g/mol. The predicted molar refractivity (Wildman–Crippen MR) is 160 cm³/mol. The number of amides is 1. The van der Waals surface area contributed by atoms with E-state index in [-0.39, 0.29) is 17.8 Å². The quantitative estimate of drug-likeness (QED) is 0.349. The van der Waals surface area contributed by atoms with Gasteiger partial charge < -0.3 is 10.4 Å². The van der Waals surface area contributed by atoms with Gasteiger partial charge in [-0.3, -0.25) is 9.59 Å². The molecule has 4 heteroatoms. The van der Waals surface area contributed by atoms with Crippen LogP contribution in [-0.4, -0.2) is 22.9 Å². The van der Waals surface area contributed by atoms with Crippen molar-refractivity contribution in [2.45, 2.75) is 97.0 Å². The van der Waals surface area contributed by atoms with Gasteiger partial charge in [0.05, 0.1) is 6.10 Å². The van der Waals surface area contributed by atoms with Crippen molar-refractivity contribution in [1.29, 1.82) is 0 Å². The van der Waals surface area contributed by atoms with Crippen LogP contribution in [0.3, 0.4) is 0 Å². The molecule has 4 unspecified atom stereocenters. The van der Waals surface area contributed by atoms with Gasteiger partial charge in [-0.25, -0.2) is 0 Å².